The molecule has 0 atom stereocenters. The number of fused-ring (bicyclic) bond motifs is 1. The summed E-state index contributed by atoms with van der Waals surface area (Å²) in [4.78, 5) is 11.7. The number of carbonyl (C=O) groups is 1. The maximum absolute atomic E-state index is 12.8. The van der Waals surface area contributed by atoms with Crippen LogP contribution in [0.3, 0.4) is 0 Å². The molecule has 0 heterocycles. The highest BCUT2D eigenvalue weighted by Crippen LogP contribution is 2.34. The molecule has 96 valence electrons. The highest BCUT2D eigenvalue weighted by Gasteiger charge is 2.21. The summed E-state index contributed by atoms with van der Waals surface area (Å²) in [7, 11) is 0. The van der Waals surface area contributed by atoms with Crippen LogP contribution in [0.25, 0.3) is 0 Å². The van der Waals surface area contributed by atoms with Gasteiger partial charge in [0.2, 0.25) is 0 Å². The molecule has 2 N–H and O–H groups in total. The Balaban J connectivity index is 1.95. The zero-order chi connectivity index (χ0) is 13.4. The first-order valence-corrected chi connectivity index (χ1v) is 6.02. The number of benzene rings is 2. The third-order valence-electron chi connectivity index (χ3n) is 3.20. The fourth-order valence-electron chi connectivity index (χ4n) is 2.21. The minimum atomic E-state index is -0.329. The summed E-state index contributed by atoms with van der Waals surface area (Å²) >= 11 is 0. The van der Waals surface area contributed by atoms with Gasteiger partial charge in [-0.05, 0) is 48.4 Å². The zero-order valence-corrected chi connectivity index (χ0v) is 10.2. The Hall–Kier alpha value is -2.36. The lowest BCUT2D eigenvalue weighted by Gasteiger charge is -2.10. The molecule has 0 fully saturated rings. The normalized spacial score (nSPS) is 13.4. The van der Waals surface area contributed by atoms with Crippen molar-refractivity contribution in [1.82, 2.24) is 0 Å². The fourth-order valence-corrected chi connectivity index (χ4v) is 2.21. The van der Waals surface area contributed by atoms with Crippen LogP contribution < -0.4 is 10.5 Å². The quantitative estimate of drug-likeness (QED) is 0.839. The molecule has 4 heteroatoms. The molecule has 0 radical (unpaired) electrons. The van der Waals surface area contributed by atoms with Crippen molar-refractivity contribution in [1.29, 1.82) is 0 Å². The van der Waals surface area contributed by atoms with Crippen LogP contribution in [-0.2, 0) is 6.42 Å². The van der Waals surface area contributed by atoms with Gasteiger partial charge in [0.25, 0.3) is 0 Å². The molecular formula is C15H12FNO2. The number of ether oxygens (including phenoxy) is 1. The van der Waals surface area contributed by atoms with E-state index in [9.17, 15) is 9.18 Å². The summed E-state index contributed by atoms with van der Waals surface area (Å²) in [6, 6.07) is 9.10. The number of Topliss-reactive ketones (excluding diaryl/α,β-unsaturated/α-hetero) is 1. The molecule has 3 nitrogen and oxygen atoms in total. The number of hydrogen-bond donors (Lipinski definition) is 1. The Kier molecular flexibility index (Phi) is 2.71. The van der Waals surface area contributed by atoms with Crippen LogP contribution in [0, 0.1) is 5.82 Å². The van der Waals surface area contributed by atoms with Crippen LogP contribution in [0.4, 0.5) is 10.1 Å². The average Bonchev–Trinajstić information content (AvgIpc) is 2.74. The third-order valence-corrected chi connectivity index (χ3v) is 3.20. The van der Waals surface area contributed by atoms with E-state index >= 15 is 0 Å². The fraction of sp³-hybridized carbons (Fsp3) is 0.133. The number of aryl methyl sites for hydroxylation is 1. The maximum Gasteiger partial charge on any atom is 0.163 e. The summed E-state index contributed by atoms with van der Waals surface area (Å²) in [6.45, 7) is 0. The van der Waals surface area contributed by atoms with Crippen molar-refractivity contribution in [2.45, 2.75) is 12.8 Å². The Morgan fingerprint density at radius 1 is 1.11 bits per heavy atom. The van der Waals surface area contributed by atoms with E-state index in [0.29, 0.717) is 29.2 Å². The molecule has 0 unspecified atom stereocenters. The van der Waals surface area contributed by atoms with Gasteiger partial charge in [-0.1, -0.05) is 0 Å². The molecule has 0 bridgehead atoms. The molecule has 0 saturated carbocycles. The maximum atomic E-state index is 12.8. The largest absolute Gasteiger partial charge is 0.455 e. The van der Waals surface area contributed by atoms with Crippen LogP contribution in [0.1, 0.15) is 22.3 Å². The second kappa shape index (κ2) is 4.39. The summed E-state index contributed by atoms with van der Waals surface area (Å²) in [5.74, 6) is 0.697. The van der Waals surface area contributed by atoms with Crippen molar-refractivity contribution >= 4 is 11.5 Å². The van der Waals surface area contributed by atoms with Crippen molar-refractivity contribution in [3.63, 3.8) is 0 Å². The SMILES string of the molecule is Nc1cc2c(cc1Oc1ccc(F)cc1)C(=O)CC2. The first kappa shape index (κ1) is 11.7. The Morgan fingerprint density at radius 3 is 2.58 bits per heavy atom. The van der Waals surface area contributed by atoms with Gasteiger partial charge in [-0.25, -0.2) is 4.39 Å². The minimum absolute atomic E-state index is 0.110. The van der Waals surface area contributed by atoms with E-state index in [4.69, 9.17) is 10.5 Å². The lowest BCUT2D eigenvalue weighted by molar-refractivity contribution is 0.0994. The minimum Gasteiger partial charge on any atom is -0.455 e. The van der Waals surface area contributed by atoms with Crippen molar-refractivity contribution in [2.75, 3.05) is 5.73 Å². The second-order valence-electron chi connectivity index (χ2n) is 4.53. The first-order valence-electron chi connectivity index (χ1n) is 6.02. The van der Waals surface area contributed by atoms with Crippen LogP contribution >= 0.6 is 0 Å². The summed E-state index contributed by atoms with van der Waals surface area (Å²) in [6.07, 6.45) is 1.25. The molecule has 0 amide bonds. The van der Waals surface area contributed by atoms with Gasteiger partial charge in [-0.15, -0.1) is 0 Å². The van der Waals surface area contributed by atoms with E-state index < -0.39 is 0 Å². The van der Waals surface area contributed by atoms with Gasteiger partial charge >= 0.3 is 0 Å². The molecule has 19 heavy (non-hydrogen) atoms. The lowest BCUT2D eigenvalue weighted by atomic mass is 10.1. The number of ketones is 1. The number of anilines is 1. The predicted octanol–water partition coefficient (Wildman–Crippen LogP) is 3.33. The van der Waals surface area contributed by atoms with Crippen molar-refractivity contribution in [3.05, 3.63) is 53.3 Å². The van der Waals surface area contributed by atoms with Gasteiger partial charge in [-0.3, -0.25) is 4.79 Å². The monoisotopic (exact) mass is 257 g/mol. The molecule has 3 rings (SSSR count). The van der Waals surface area contributed by atoms with Gasteiger partial charge in [-0.2, -0.15) is 0 Å². The third kappa shape index (κ3) is 2.17. The van der Waals surface area contributed by atoms with E-state index in [-0.39, 0.29) is 11.6 Å². The number of rotatable bonds is 2. The van der Waals surface area contributed by atoms with Gasteiger partial charge in [0.1, 0.15) is 11.6 Å². The molecule has 2 aromatic carbocycles. The van der Waals surface area contributed by atoms with E-state index in [0.717, 1.165) is 12.0 Å². The highest BCUT2D eigenvalue weighted by molar-refractivity contribution is 6.01. The topological polar surface area (TPSA) is 52.3 Å². The highest BCUT2D eigenvalue weighted by atomic mass is 19.1. The number of nitrogens with two attached hydrogens (primary N) is 1. The molecule has 2 aromatic rings. The average molecular weight is 257 g/mol. The smallest absolute Gasteiger partial charge is 0.163 e. The molecule has 0 aliphatic heterocycles. The molecule has 0 aromatic heterocycles. The second-order valence-corrected chi connectivity index (χ2v) is 4.53. The van der Waals surface area contributed by atoms with Gasteiger partial charge < -0.3 is 10.5 Å². The Bertz CT molecular complexity index is 650. The van der Waals surface area contributed by atoms with Crippen LogP contribution in [-0.4, -0.2) is 5.78 Å². The van der Waals surface area contributed by atoms with Gasteiger partial charge in [0, 0.05) is 12.0 Å². The predicted molar refractivity (Wildman–Crippen MR) is 70.0 cm³/mol. The number of nitrogen functional groups attached to an aromatic ring is 1. The Morgan fingerprint density at radius 2 is 1.84 bits per heavy atom. The van der Waals surface area contributed by atoms with Crippen LogP contribution in [0.15, 0.2) is 36.4 Å². The number of halogens is 1. The Labute approximate surface area is 109 Å². The molecule has 1 aliphatic rings. The summed E-state index contributed by atoms with van der Waals surface area (Å²) in [5, 5.41) is 0. The van der Waals surface area contributed by atoms with Crippen LogP contribution in [0.5, 0.6) is 11.5 Å². The van der Waals surface area contributed by atoms with E-state index in [1.807, 2.05) is 0 Å². The van der Waals surface area contributed by atoms with Gasteiger partial charge in [0.05, 0.1) is 5.69 Å². The summed E-state index contributed by atoms with van der Waals surface area (Å²) in [5.41, 5.74) is 8.03. The number of carbonyl (C=O) groups excluding carboxylic acids is 1. The van der Waals surface area contributed by atoms with E-state index in [1.54, 1.807) is 12.1 Å². The molecular weight excluding hydrogens is 245 g/mol. The van der Waals surface area contributed by atoms with E-state index in [2.05, 4.69) is 0 Å². The van der Waals surface area contributed by atoms with Gasteiger partial charge in [0.15, 0.2) is 11.5 Å². The molecule has 1 aliphatic carbocycles. The molecule has 0 spiro atoms. The van der Waals surface area contributed by atoms with Crippen molar-refractivity contribution < 1.29 is 13.9 Å². The van der Waals surface area contributed by atoms with Crippen molar-refractivity contribution in [3.8, 4) is 11.5 Å². The van der Waals surface area contributed by atoms with E-state index in [1.165, 1.54) is 24.3 Å². The van der Waals surface area contributed by atoms with Crippen LogP contribution in [0.2, 0.25) is 0 Å². The zero-order valence-electron chi connectivity index (χ0n) is 10.2. The first-order chi connectivity index (χ1) is 9.13. The standard InChI is InChI=1S/C15H12FNO2/c16-10-2-4-11(5-3-10)19-15-8-12-9(7-13(15)17)1-6-14(12)18/h2-5,7-8H,1,6,17H2. The lowest BCUT2D eigenvalue weighted by Crippen LogP contribution is -1.97. The van der Waals surface area contributed by atoms with Crippen molar-refractivity contribution in [2.24, 2.45) is 0 Å². The molecule has 0 saturated heterocycles. The summed E-state index contributed by atoms with van der Waals surface area (Å²) < 4.78 is 18.4. The number of hydrogen-bond acceptors (Lipinski definition) is 3.